The molecule has 0 radical (unpaired) electrons. The lowest BCUT2D eigenvalue weighted by Gasteiger charge is -2.25. The second kappa shape index (κ2) is 7.89. The Balaban J connectivity index is 2.04. The van der Waals surface area contributed by atoms with E-state index in [1.807, 2.05) is 20.8 Å². The van der Waals surface area contributed by atoms with Gasteiger partial charge >= 0.3 is 6.18 Å². The maximum absolute atomic E-state index is 12.7. The van der Waals surface area contributed by atoms with Gasteiger partial charge in [0.2, 0.25) is 5.91 Å². The van der Waals surface area contributed by atoms with Crippen molar-refractivity contribution in [3.8, 4) is 0 Å². The Kier molecular flexibility index (Phi) is 6.50. The molecule has 1 amide bonds. The van der Waals surface area contributed by atoms with Gasteiger partial charge in [-0.25, -0.2) is 15.8 Å². The Morgan fingerprint density at radius 3 is 2.40 bits per heavy atom. The van der Waals surface area contributed by atoms with Gasteiger partial charge in [0.05, 0.1) is 9.96 Å². The van der Waals surface area contributed by atoms with Crippen molar-refractivity contribution in [3.05, 3.63) is 0 Å². The van der Waals surface area contributed by atoms with E-state index >= 15 is 0 Å². The monoisotopic (exact) mass is 401 g/mol. The number of nitrogens with one attached hydrogen (secondary N) is 4. The third kappa shape index (κ3) is 6.50. The van der Waals surface area contributed by atoms with Gasteiger partial charge in [-0.1, -0.05) is 0 Å². The highest BCUT2D eigenvalue weighted by molar-refractivity contribution is 8.02. The van der Waals surface area contributed by atoms with E-state index in [1.165, 1.54) is 11.8 Å². The van der Waals surface area contributed by atoms with Gasteiger partial charge in [0, 0.05) is 12.0 Å². The van der Waals surface area contributed by atoms with Crippen molar-refractivity contribution in [2.24, 2.45) is 4.99 Å². The van der Waals surface area contributed by atoms with Crippen LogP contribution in [0.3, 0.4) is 0 Å². The molecule has 2 saturated heterocycles. The lowest BCUT2D eigenvalue weighted by Crippen LogP contribution is -2.52. The fourth-order valence-electron chi connectivity index (χ4n) is 2.43. The average molecular weight is 402 g/mol. The molecular weight excluding hydrogens is 379 g/mol. The fourth-order valence-corrected chi connectivity index (χ4v) is 4.01. The van der Waals surface area contributed by atoms with Gasteiger partial charge in [-0.3, -0.25) is 10.1 Å². The number of nitrogens with zero attached hydrogens (tertiary/aromatic N) is 1. The van der Waals surface area contributed by atoms with Crippen molar-refractivity contribution < 1.29 is 18.0 Å². The Hall–Kier alpha value is -0.710. The van der Waals surface area contributed by atoms with Gasteiger partial charge in [-0.05, 0) is 33.6 Å². The molecule has 0 spiro atoms. The van der Waals surface area contributed by atoms with E-state index in [0.29, 0.717) is 6.42 Å². The van der Waals surface area contributed by atoms with Gasteiger partial charge in [0.15, 0.2) is 5.96 Å². The molecule has 11 heteroatoms. The first kappa shape index (κ1) is 20.6. The molecule has 4 atom stereocenters. The second-order valence-electron chi connectivity index (χ2n) is 7.09. The van der Waals surface area contributed by atoms with Crippen molar-refractivity contribution in [2.45, 2.75) is 73.9 Å². The van der Waals surface area contributed by atoms with Crippen LogP contribution in [0.2, 0.25) is 0 Å². The largest absolute Gasteiger partial charge is 0.405 e. The number of guanidine groups is 1. The summed E-state index contributed by atoms with van der Waals surface area (Å²) in [5, 5.41) is 5.43. The zero-order valence-electron chi connectivity index (χ0n) is 14.2. The van der Waals surface area contributed by atoms with Crippen LogP contribution < -0.4 is 21.5 Å². The number of alkyl halides is 4. The van der Waals surface area contributed by atoms with Crippen LogP contribution >= 0.6 is 23.4 Å². The highest BCUT2D eigenvalue weighted by Crippen LogP contribution is 2.36. The molecule has 2 aliphatic rings. The van der Waals surface area contributed by atoms with E-state index in [-0.39, 0.29) is 28.2 Å². The first-order valence-corrected chi connectivity index (χ1v) is 9.36. The van der Waals surface area contributed by atoms with E-state index in [2.05, 4.69) is 26.5 Å². The predicted octanol–water partition coefficient (Wildman–Crippen LogP) is 2.06. The molecule has 4 unspecified atom stereocenters. The Bertz CT molecular complexity index is 526. The summed E-state index contributed by atoms with van der Waals surface area (Å²) in [6.45, 7) is 5.60. The topological polar surface area (TPSA) is 77.6 Å². The third-order valence-corrected chi connectivity index (χ3v) is 5.39. The molecule has 0 saturated carbocycles. The van der Waals surface area contributed by atoms with Gasteiger partial charge in [-0.2, -0.15) is 13.2 Å². The second-order valence-corrected chi connectivity index (χ2v) is 9.28. The molecule has 2 aliphatic heterocycles. The van der Waals surface area contributed by atoms with Crippen molar-refractivity contribution in [1.29, 1.82) is 0 Å². The molecule has 4 N–H and O–H groups in total. The molecule has 0 aromatic rings. The van der Waals surface area contributed by atoms with Crippen LogP contribution in [0.25, 0.3) is 0 Å². The number of hydrazine groups is 1. The van der Waals surface area contributed by atoms with Gasteiger partial charge in [0.1, 0.15) is 12.2 Å². The quantitative estimate of drug-likeness (QED) is 0.324. The molecule has 2 fully saturated rings. The highest BCUT2D eigenvalue weighted by Gasteiger charge is 2.44. The molecule has 0 aromatic carbocycles. The zero-order chi connectivity index (χ0) is 18.8. The summed E-state index contributed by atoms with van der Waals surface area (Å²) in [4.78, 5) is 16.6. The van der Waals surface area contributed by atoms with E-state index < -0.39 is 23.9 Å². The number of rotatable bonds is 2. The molecule has 2 rings (SSSR count). The Morgan fingerprint density at radius 2 is 1.92 bits per heavy atom. The lowest BCUT2D eigenvalue weighted by molar-refractivity contribution is -0.153. The molecule has 2 heterocycles. The predicted molar refractivity (Wildman–Crippen MR) is 93.2 cm³/mol. The van der Waals surface area contributed by atoms with Gasteiger partial charge < -0.3 is 5.32 Å². The number of hydrogen-bond acceptors (Lipinski definition) is 5. The molecule has 0 aromatic heterocycles. The highest BCUT2D eigenvalue weighted by atomic mass is 35.5. The number of halogens is 4. The first-order chi connectivity index (χ1) is 11.4. The van der Waals surface area contributed by atoms with Crippen LogP contribution in [0.5, 0.6) is 0 Å². The van der Waals surface area contributed by atoms with Crippen molar-refractivity contribution in [1.82, 2.24) is 21.5 Å². The number of thioether (sulfide) groups is 1. The van der Waals surface area contributed by atoms with E-state index in [4.69, 9.17) is 11.6 Å². The summed E-state index contributed by atoms with van der Waals surface area (Å²) >= 11 is 7.38. The van der Waals surface area contributed by atoms with E-state index in [0.717, 1.165) is 6.42 Å². The van der Waals surface area contributed by atoms with Crippen molar-refractivity contribution in [3.63, 3.8) is 0 Å². The van der Waals surface area contributed by atoms with Crippen LogP contribution in [-0.4, -0.2) is 45.7 Å². The van der Waals surface area contributed by atoms with Crippen molar-refractivity contribution in [2.75, 3.05) is 0 Å². The zero-order valence-corrected chi connectivity index (χ0v) is 15.8. The number of carbonyl (C=O) groups is 1. The molecule has 25 heavy (non-hydrogen) atoms. The summed E-state index contributed by atoms with van der Waals surface area (Å²) < 4.78 is 38.1. The standard InChI is InChI=1S/C14H23ClF3N5OS/c1-13(2,3)21-12(20-11(24)7-4-5-9(15)25-7)19-10-6-8(22-23-10)14(16,17)18/h7-10,22-23H,4-6H2,1-3H3,(H2,19,20,21,24). The minimum Gasteiger partial charge on any atom is -0.351 e. The van der Waals surface area contributed by atoms with E-state index in [9.17, 15) is 18.0 Å². The lowest BCUT2D eigenvalue weighted by atomic mass is 10.1. The summed E-state index contributed by atoms with van der Waals surface area (Å²) in [7, 11) is 0. The molecule has 0 bridgehead atoms. The minimum atomic E-state index is -4.35. The summed E-state index contributed by atoms with van der Waals surface area (Å²) in [5.74, 6) is -0.0970. The maximum Gasteiger partial charge on any atom is 0.405 e. The van der Waals surface area contributed by atoms with Crippen LogP contribution in [-0.2, 0) is 4.79 Å². The summed E-state index contributed by atoms with van der Waals surface area (Å²) in [5.41, 5.74) is 4.27. The van der Waals surface area contributed by atoms with Gasteiger partial charge in [0.25, 0.3) is 0 Å². The fraction of sp³-hybridized carbons (Fsp3) is 0.857. The third-order valence-electron chi connectivity index (χ3n) is 3.56. The molecule has 6 nitrogen and oxygen atoms in total. The number of amides is 1. The minimum absolute atomic E-state index is 0.0973. The number of carbonyl (C=O) groups excluding carboxylic acids is 1. The summed E-state index contributed by atoms with van der Waals surface area (Å²) in [6.07, 6.45) is -4.00. The average Bonchev–Trinajstić information content (AvgIpc) is 3.05. The van der Waals surface area contributed by atoms with Crippen LogP contribution in [0, 0.1) is 0 Å². The first-order valence-electron chi connectivity index (χ1n) is 7.98. The summed E-state index contributed by atoms with van der Waals surface area (Å²) in [6, 6.07) is -1.67. The van der Waals surface area contributed by atoms with Crippen LogP contribution in [0.1, 0.15) is 40.0 Å². The molecule has 144 valence electrons. The maximum atomic E-state index is 12.7. The molecule has 0 aliphatic carbocycles. The Labute approximate surface area is 154 Å². The normalized spacial score (nSPS) is 31.2. The van der Waals surface area contributed by atoms with E-state index in [1.54, 1.807) is 0 Å². The number of aliphatic imine (C=N–C) groups is 1. The van der Waals surface area contributed by atoms with Gasteiger partial charge in [-0.15, -0.1) is 23.4 Å². The van der Waals surface area contributed by atoms with Crippen molar-refractivity contribution >= 4 is 35.2 Å². The smallest absolute Gasteiger partial charge is 0.351 e. The SMILES string of the molecule is CC(C)(C)N/C(=N\C1CC(C(F)(F)F)NN1)NC(=O)C1CCC(Cl)S1. The molecular formula is C14H23ClF3N5OS. The van der Waals surface area contributed by atoms with Crippen LogP contribution in [0.15, 0.2) is 4.99 Å². The Morgan fingerprint density at radius 1 is 1.24 bits per heavy atom. The van der Waals surface area contributed by atoms with Crippen LogP contribution in [0.4, 0.5) is 13.2 Å². The number of hydrogen-bond donors (Lipinski definition) is 4.